The topological polar surface area (TPSA) is 29.9 Å². The van der Waals surface area contributed by atoms with Crippen molar-refractivity contribution in [1.82, 2.24) is 9.78 Å². The molecule has 0 spiro atoms. The van der Waals surface area contributed by atoms with Gasteiger partial charge in [-0.3, -0.25) is 0 Å². The predicted octanol–water partition coefficient (Wildman–Crippen LogP) is 3.75. The van der Waals surface area contributed by atoms with Crippen molar-refractivity contribution in [3.63, 3.8) is 0 Å². The maximum atomic E-state index is 4.93. The molecule has 106 valence electrons. The largest absolute Gasteiger partial charge is 0.369 e. The fraction of sp³-hybridized carbons (Fsp3) is 0.471. The number of anilines is 1. The highest BCUT2D eigenvalue weighted by Gasteiger charge is 2.29. The normalized spacial score (nSPS) is 14.2. The number of hydrogen-bond acceptors (Lipinski definition) is 2. The highest BCUT2D eigenvalue weighted by molar-refractivity contribution is 5.59. The smallest absolute Gasteiger partial charge is 0.133 e. The summed E-state index contributed by atoms with van der Waals surface area (Å²) in [6, 6.07) is 6.54. The van der Waals surface area contributed by atoms with Crippen molar-refractivity contribution in [3.05, 3.63) is 40.6 Å². The molecule has 0 atom stereocenters. The first-order valence-electron chi connectivity index (χ1n) is 7.32. The lowest BCUT2D eigenvalue weighted by molar-refractivity contribution is 0.554. The lowest BCUT2D eigenvalue weighted by Crippen LogP contribution is -2.15. The number of hydrogen-bond donors (Lipinski definition) is 1. The highest BCUT2D eigenvalue weighted by Crippen LogP contribution is 2.35. The second-order valence-corrected chi connectivity index (χ2v) is 6.80. The van der Waals surface area contributed by atoms with Crippen LogP contribution in [0.2, 0.25) is 0 Å². The molecule has 1 aliphatic rings. The van der Waals surface area contributed by atoms with Crippen LogP contribution in [0.5, 0.6) is 0 Å². The third kappa shape index (κ3) is 2.01. The molecule has 0 radical (unpaired) electrons. The average Bonchev–Trinajstić information content (AvgIpc) is 2.92. The summed E-state index contributed by atoms with van der Waals surface area (Å²) in [7, 11) is 0. The van der Waals surface area contributed by atoms with Crippen molar-refractivity contribution in [1.29, 1.82) is 0 Å². The van der Waals surface area contributed by atoms with Crippen LogP contribution in [0.15, 0.2) is 18.2 Å². The Morgan fingerprint density at radius 1 is 1.20 bits per heavy atom. The van der Waals surface area contributed by atoms with Crippen LogP contribution in [0.1, 0.15) is 43.2 Å². The molecule has 3 rings (SSSR count). The molecule has 1 N–H and O–H groups in total. The van der Waals surface area contributed by atoms with Crippen LogP contribution >= 0.6 is 0 Å². The molecule has 0 aliphatic carbocycles. The zero-order valence-electron chi connectivity index (χ0n) is 13.0. The van der Waals surface area contributed by atoms with E-state index in [1.54, 1.807) is 0 Å². The minimum Gasteiger partial charge on any atom is -0.369 e. The van der Waals surface area contributed by atoms with Crippen LogP contribution in [0.25, 0.3) is 5.69 Å². The minimum absolute atomic E-state index is 0.0824. The lowest BCUT2D eigenvalue weighted by Gasteiger charge is -2.16. The molecule has 2 heterocycles. The van der Waals surface area contributed by atoms with Gasteiger partial charge in [-0.2, -0.15) is 5.10 Å². The van der Waals surface area contributed by atoms with Gasteiger partial charge >= 0.3 is 0 Å². The Kier molecular flexibility index (Phi) is 2.89. The van der Waals surface area contributed by atoms with E-state index < -0.39 is 0 Å². The van der Waals surface area contributed by atoms with E-state index in [0.717, 1.165) is 13.0 Å². The van der Waals surface area contributed by atoms with E-state index in [0.29, 0.717) is 0 Å². The van der Waals surface area contributed by atoms with Gasteiger partial charge in [0.1, 0.15) is 5.82 Å². The molecule has 1 aromatic carbocycles. The molecule has 0 saturated heterocycles. The predicted molar refractivity (Wildman–Crippen MR) is 83.9 cm³/mol. The number of aryl methyl sites for hydroxylation is 2. The van der Waals surface area contributed by atoms with E-state index in [9.17, 15) is 0 Å². The fourth-order valence-electron chi connectivity index (χ4n) is 2.90. The van der Waals surface area contributed by atoms with Crippen LogP contribution in [0.3, 0.4) is 0 Å². The van der Waals surface area contributed by atoms with Crippen LogP contribution in [0.4, 0.5) is 5.82 Å². The first-order valence-corrected chi connectivity index (χ1v) is 7.32. The van der Waals surface area contributed by atoms with Crippen LogP contribution in [-0.2, 0) is 11.8 Å². The van der Waals surface area contributed by atoms with Gasteiger partial charge in [-0.15, -0.1) is 0 Å². The third-order valence-electron chi connectivity index (χ3n) is 3.95. The van der Waals surface area contributed by atoms with E-state index in [-0.39, 0.29) is 5.41 Å². The Balaban J connectivity index is 2.23. The molecule has 0 unspecified atom stereocenters. The molecule has 1 aromatic heterocycles. The first-order chi connectivity index (χ1) is 9.38. The van der Waals surface area contributed by atoms with E-state index in [1.165, 1.54) is 33.9 Å². The Bertz CT molecular complexity index is 660. The summed E-state index contributed by atoms with van der Waals surface area (Å²) in [4.78, 5) is 0. The SMILES string of the molecule is Cc1ccc(C)c(-n2nc(C(C)(C)C)c3c2NCC3)c1. The van der Waals surface area contributed by atoms with E-state index in [2.05, 4.69) is 62.8 Å². The molecular weight excluding hydrogens is 246 g/mol. The molecule has 0 fully saturated rings. The molecule has 2 aromatic rings. The Labute approximate surface area is 121 Å². The van der Waals surface area contributed by atoms with Gasteiger partial charge in [0.15, 0.2) is 0 Å². The molecule has 1 aliphatic heterocycles. The van der Waals surface area contributed by atoms with Crippen LogP contribution in [0, 0.1) is 13.8 Å². The molecule has 0 bridgehead atoms. The molecule has 3 heteroatoms. The van der Waals surface area contributed by atoms with E-state index >= 15 is 0 Å². The van der Waals surface area contributed by atoms with Gasteiger partial charge in [-0.05, 0) is 37.5 Å². The van der Waals surface area contributed by atoms with E-state index in [4.69, 9.17) is 5.10 Å². The van der Waals surface area contributed by atoms with Crippen molar-refractivity contribution in [3.8, 4) is 5.69 Å². The van der Waals surface area contributed by atoms with Gasteiger partial charge in [0.25, 0.3) is 0 Å². The number of aromatic nitrogens is 2. The maximum absolute atomic E-state index is 4.93. The second kappa shape index (κ2) is 4.37. The molecule has 3 nitrogen and oxygen atoms in total. The second-order valence-electron chi connectivity index (χ2n) is 6.80. The number of nitrogens with one attached hydrogen (secondary N) is 1. The van der Waals surface area contributed by atoms with Crippen LogP contribution < -0.4 is 5.32 Å². The fourth-order valence-corrected chi connectivity index (χ4v) is 2.90. The molecular formula is C17H23N3. The monoisotopic (exact) mass is 269 g/mol. The Morgan fingerprint density at radius 3 is 2.65 bits per heavy atom. The third-order valence-corrected chi connectivity index (χ3v) is 3.95. The molecule has 0 amide bonds. The number of nitrogens with zero attached hydrogens (tertiary/aromatic N) is 2. The zero-order chi connectivity index (χ0) is 14.5. The van der Waals surface area contributed by atoms with Crippen molar-refractivity contribution in [2.75, 3.05) is 11.9 Å². The van der Waals surface area contributed by atoms with Gasteiger partial charge in [0, 0.05) is 17.5 Å². The molecule has 0 saturated carbocycles. The number of fused-ring (bicyclic) bond motifs is 1. The Hall–Kier alpha value is -1.77. The van der Waals surface area contributed by atoms with Gasteiger partial charge < -0.3 is 5.32 Å². The highest BCUT2D eigenvalue weighted by atomic mass is 15.3. The first kappa shape index (κ1) is 13.2. The van der Waals surface area contributed by atoms with Gasteiger partial charge in [-0.25, -0.2) is 4.68 Å². The molecule has 20 heavy (non-hydrogen) atoms. The standard InChI is InChI=1S/C17H23N3/c1-11-6-7-12(2)14(10-11)20-16-13(8-9-18-16)15(19-20)17(3,4)5/h6-7,10,18H,8-9H2,1-5H3. The summed E-state index contributed by atoms with van der Waals surface area (Å²) in [5.74, 6) is 1.18. The van der Waals surface area contributed by atoms with Crippen LogP contribution in [-0.4, -0.2) is 16.3 Å². The summed E-state index contributed by atoms with van der Waals surface area (Å²) >= 11 is 0. The van der Waals surface area contributed by atoms with Gasteiger partial charge in [0.2, 0.25) is 0 Å². The average molecular weight is 269 g/mol. The summed E-state index contributed by atoms with van der Waals surface area (Å²) < 4.78 is 2.10. The summed E-state index contributed by atoms with van der Waals surface area (Å²) in [5.41, 5.74) is 6.40. The maximum Gasteiger partial charge on any atom is 0.133 e. The summed E-state index contributed by atoms with van der Waals surface area (Å²) in [5, 5.41) is 8.44. The minimum atomic E-state index is 0.0824. The lowest BCUT2D eigenvalue weighted by atomic mass is 9.89. The summed E-state index contributed by atoms with van der Waals surface area (Å²) in [6.45, 7) is 12.0. The van der Waals surface area contributed by atoms with Crippen molar-refractivity contribution < 1.29 is 0 Å². The van der Waals surface area contributed by atoms with Gasteiger partial charge in [0.05, 0.1) is 11.4 Å². The van der Waals surface area contributed by atoms with Crippen molar-refractivity contribution in [2.24, 2.45) is 0 Å². The summed E-state index contributed by atoms with van der Waals surface area (Å²) in [6.07, 6.45) is 1.08. The quantitative estimate of drug-likeness (QED) is 0.854. The Morgan fingerprint density at radius 2 is 1.95 bits per heavy atom. The number of benzene rings is 1. The van der Waals surface area contributed by atoms with Gasteiger partial charge in [-0.1, -0.05) is 32.9 Å². The van der Waals surface area contributed by atoms with Crippen molar-refractivity contribution >= 4 is 5.82 Å². The zero-order valence-corrected chi connectivity index (χ0v) is 13.0. The van der Waals surface area contributed by atoms with E-state index in [1.807, 2.05) is 0 Å². The van der Waals surface area contributed by atoms with Crippen molar-refractivity contribution in [2.45, 2.75) is 46.5 Å². The number of rotatable bonds is 1.